The summed E-state index contributed by atoms with van der Waals surface area (Å²) < 4.78 is 42.4. The predicted octanol–water partition coefficient (Wildman–Crippen LogP) is 3.06. The first-order chi connectivity index (χ1) is 8.84. The third-order valence-corrected chi connectivity index (χ3v) is 2.31. The van der Waals surface area contributed by atoms with Crippen LogP contribution >= 0.6 is 11.6 Å². The Kier molecular flexibility index (Phi) is 3.61. The number of nitrogens with one attached hydrogen (secondary N) is 1. The summed E-state index contributed by atoms with van der Waals surface area (Å²) in [6.45, 7) is 1.69. The summed E-state index contributed by atoms with van der Waals surface area (Å²) in [6.07, 6.45) is -4.48. The molecular formula is C10H8ClF3N4O. The van der Waals surface area contributed by atoms with Gasteiger partial charge in [-0.3, -0.25) is 0 Å². The molecule has 1 N–H and O–H groups in total. The molecule has 0 aliphatic rings. The fourth-order valence-electron chi connectivity index (χ4n) is 1.33. The molecule has 19 heavy (non-hydrogen) atoms. The number of alkyl halides is 3. The zero-order valence-corrected chi connectivity index (χ0v) is 10.4. The molecule has 0 amide bonds. The van der Waals surface area contributed by atoms with Gasteiger partial charge in [-0.15, -0.1) is 0 Å². The SMILES string of the molecule is Cc1nc(CNc2cc(C(F)(F)F)cc(Cl)n2)no1. The van der Waals surface area contributed by atoms with E-state index in [-0.39, 0.29) is 17.5 Å². The molecule has 2 heterocycles. The normalized spacial score (nSPS) is 11.6. The summed E-state index contributed by atoms with van der Waals surface area (Å²) in [5, 5.41) is 5.99. The lowest BCUT2D eigenvalue weighted by molar-refractivity contribution is -0.137. The monoisotopic (exact) mass is 292 g/mol. The van der Waals surface area contributed by atoms with Crippen molar-refractivity contribution in [2.75, 3.05) is 5.32 Å². The molecule has 2 aromatic heterocycles. The van der Waals surface area contributed by atoms with Gasteiger partial charge in [0.2, 0.25) is 5.89 Å². The minimum atomic E-state index is -4.48. The van der Waals surface area contributed by atoms with Crippen molar-refractivity contribution in [3.63, 3.8) is 0 Å². The number of aryl methyl sites for hydroxylation is 1. The number of nitrogens with zero attached hydrogens (tertiary/aromatic N) is 3. The van der Waals surface area contributed by atoms with Crippen LogP contribution in [0.4, 0.5) is 19.0 Å². The van der Waals surface area contributed by atoms with E-state index in [1.807, 2.05) is 0 Å². The molecule has 5 nitrogen and oxygen atoms in total. The second-order valence-electron chi connectivity index (χ2n) is 3.64. The average Bonchev–Trinajstić information content (AvgIpc) is 2.71. The molecule has 0 unspecified atom stereocenters. The van der Waals surface area contributed by atoms with Gasteiger partial charge < -0.3 is 9.84 Å². The van der Waals surface area contributed by atoms with E-state index in [9.17, 15) is 13.2 Å². The van der Waals surface area contributed by atoms with Gasteiger partial charge in [-0.05, 0) is 12.1 Å². The predicted molar refractivity (Wildman–Crippen MR) is 60.6 cm³/mol. The molecule has 0 atom stereocenters. The quantitative estimate of drug-likeness (QED) is 0.881. The highest BCUT2D eigenvalue weighted by molar-refractivity contribution is 6.29. The Morgan fingerprint density at radius 1 is 1.32 bits per heavy atom. The molecule has 2 rings (SSSR count). The van der Waals surface area contributed by atoms with E-state index in [1.54, 1.807) is 6.92 Å². The van der Waals surface area contributed by atoms with Crippen molar-refractivity contribution in [2.24, 2.45) is 0 Å². The molecule has 2 aromatic rings. The minimum Gasteiger partial charge on any atom is -0.363 e. The molecule has 0 bridgehead atoms. The summed E-state index contributed by atoms with van der Waals surface area (Å²) in [4.78, 5) is 7.63. The van der Waals surface area contributed by atoms with Gasteiger partial charge in [-0.1, -0.05) is 16.8 Å². The second kappa shape index (κ2) is 5.04. The maximum Gasteiger partial charge on any atom is 0.416 e. The smallest absolute Gasteiger partial charge is 0.363 e. The molecule has 0 saturated carbocycles. The van der Waals surface area contributed by atoms with E-state index in [0.29, 0.717) is 11.7 Å². The van der Waals surface area contributed by atoms with Crippen molar-refractivity contribution < 1.29 is 17.7 Å². The zero-order chi connectivity index (χ0) is 14.0. The Hall–Kier alpha value is -1.83. The average molecular weight is 293 g/mol. The topological polar surface area (TPSA) is 63.8 Å². The molecule has 0 aromatic carbocycles. The lowest BCUT2D eigenvalue weighted by atomic mass is 10.2. The van der Waals surface area contributed by atoms with E-state index < -0.39 is 11.7 Å². The zero-order valence-electron chi connectivity index (χ0n) is 9.62. The summed E-state index contributed by atoms with van der Waals surface area (Å²) >= 11 is 5.54. The Labute approximate surface area is 110 Å². The van der Waals surface area contributed by atoms with E-state index in [1.165, 1.54) is 0 Å². The van der Waals surface area contributed by atoms with Crippen molar-refractivity contribution in [3.8, 4) is 0 Å². The van der Waals surface area contributed by atoms with Crippen LogP contribution in [0.3, 0.4) is 0 Å². The van der Waals surface area contributed by atoms with Crippen molar-refractivity contribution in [1.29, 1.82) is 0 Å². The fraction of sp³-hybridized carbons (Fsp3) is 0.300. The van der Waals surface area contributed by atoms with Crippen LogP contribution in [0.1, 0.15) is 17.3 Å². The van der Waals surface area contributed by atoms with Crippen molar-refractivity contribution in [1.82, 2.24) is 15.1 Å². The first-order valence-electron chi connectivity index (χ1n) is 5.12. The summed E-state index contributed by atoms with van der Waals surface area (Å²) in [5.41, 5.74) is -0.876. The van der Waals surface area contributed by atoms with E-state index in [0.717, 1.165) is 12.1 Å². The van der Waals surface area contributed by atoms with Crippen LogP contribution in [-0.4, -0.2) is 15.1 Å². The number of hydrogen-bond donors (Lipinski definition) is 1. The highest BCUT2D eigenvalue weighted by atomic mass is 35.5. The van der Waals surface area contributed by atoms with Gasteiger partial charge in [-0.25, -0.2) is 4.98 Å². The van der Waals surface area contributed by atoms with Gasteiger partial charge in [0.05, 0.1) is 12.1 Å². The van der Waals surface area contributed by atoms with Crippen LogP contribution in [-0.2, 0) is 12.7 Å². The first kappa shape index (κ1) is 13.6. The van der Waals surface area contributed by atoms with Crippen LogP contribution in [0.15, 0.2) is 16.7 Å². The molecule has 0 radical (unpaired) electrons. The van der Waals surface area contributed by atoms with Crippen LogP contribution < -0.4 is 5.32 Å². The second-order valence-corrected chi connectivity index (χ2v) is 4.03. The summed E-state index contributed by atoms with van der Waals surface area (Å²) in [7, 11) is 0. The third-order valence-electron chi connectivity index (χ3n) is 2.12. The summed E-state index contributed by atoms with van der Waals surface area (Å²) in [6, 6.07) is 1.62. The third kappa shape index (κ3) is 3.57. The number of anilines is 1. The lowest BCUT2D eigenvalue weighted by Crippen LogP contribution is -2.08. The molecule has 0 saturated heterocycles. The van der Waals surface area contributed by atoms with Gasteiger partial charge in [0, 0.05) is 6.92 Å². The first-order valence-corrected chi connectivity index (χ1v) is 5.50. The van der Waals surface area contributed by atoms with Crippen LogP contribution in [0.5, 0.6) is 0 Å². The van der Waals surface area contributed by atoms with Crippen molar-refractivity contribution >= 4 is 17.4 Å². The number of hydrogen-bond acceptors (Lipinski definition) is 5. The molecule has 0 fully saturated rings. The molecule has 0 aliphatic heterocycles. The Morgan fingerprint density at radius 3 is 2.63 bits per heavy atom. The Morgan fingerprint density at radius 2 is 2.05 bits per heavy atom. The van der Waals surface area contributed by atoms with Gasteiger partial charge in [0.15, 0.2) is 5.82 Å². The van der Waals surface area contributed by atoms with Crippen molar-refractivity contribution in [2.45, 2.75) is 19.6 Å². The van der Waals surface area contributed by atoms with Gasteiger partial charge >= 0.3 is 6.18 Å². The van der Waals surface area contributed by atoms with E-state index in [4.69, 9.17) is 16.1 Å². The Bertz CT molecular complexity index is 584. The standard InChI is InChI=1S/C10H8ClF3N4O/c1-5-16-9(18-19-5)4-15-8-3-6(10(12,13)14)2-7(11)17-8/h2-3H,4H2,1H3,(H,15,17). The Balaban J connectivity index is 2.14. The van der Waals surface area contributed by atoms with E-state index in [2.05, 4.69) is 20.4 Å². The van der Waals surface area contributed by atoms with Gasteiger partial charge in [0.1, 0.15) is 11.0 Å². The molecule has 0 spiro atoms. The van der Waals surface area contributed by atoms with Crippen molar-refractivity contribution in [3.05, 3.63) is 34.6 Å². The maximum absolute atomic E-state index is 12.6. The van der Waals surface area contributed by atoms with Gasteiger partial charge in [-0.2, -0.15) is 18.2 Å². The molecular weight excluding hydrogens is 285 g/mol. The van der Waals surface area contributed by atoms with Crippen LogP contribution in [0.25, 0.3) is 0 Å². The summed E-state index contributed by atoms with van der Waals surface area (Å²) in [5.74, 6) is 0.668. The highest BCUT2D eigenvalue weighted by Gasteiger charge is 2.31. The largest absolute Gasteiger partial charge is 0.416 e. The maximum atomic E-state index is 12.6. The lowest BCUT2D eigenvalue weighted by Gasteiger charge is -2.09. The van der Waals surface area contributed by atoms with Crippen LogP contribution in [0, 0.1) is 6.92 Å². The fourth-order valence-corrected chi connectivity index (χ4v) is 1.54. The molecule has 0 aliphatic carbocycles. The highest BCUT2D eigenvalue weighted by Crippen LogP contribution is 2.31. The number of rotatable bonds is 3. The number of pyridine rings is 1. The van der Waals surface area contributed by atoms with Crippen LogP contribution in [0.2, 0.25) is 5.15 Å². The number of aromatic nitrogens is 3. The minimum absolute atomic E-state index is 0.0118. The van der Waals surface area contributed by atoms with Gasteiger partial charge in [0.25, 0.3) is 0 Å². The molecule has 102 valence electrons. The molecule has 9 heteroatoms. The number of halogens is 4. The van der Waals surface area contributed by atoms with E-state index >= 15 is 0 Å².